The number of hydrogen-bond donors (Lipinski definition) is 1. The lowest BCUT2D eigenvalue weighted by Gasteiger charge is -2.42. The highest BCUT2D eigenvalue weighted by molar-refractivity contribution is 6.02. The van der Waals surface area contributed by atoms with Crippen molar-refractivity contribution < 1.29 is 14.0 Å². The predicted molar refractivity (Wildman–Crippen MR) is 101 cm³/mol. The van der Waals surface area contributed by atoms with Crippen LogP contribution in [-0.4, -0.2) is 59.3 Å². The van der Waals surface area contributed by atoms with Crippen molar-refractivity contribution in [3.8, 4) is 6.07 Å². The highest BCUT2D eigenvalue weighted by atomic mass is 16.3. The molecule has 1 saturated carbocycles. The molecule has 3 heterocycles. The number of nitrogens with one attached hydrogen (secondary N) is 1. The third-order valence-corrected chi connectivity index (χ3v) is 6.06. The van der Waals surface area contributed by atoms with E-state index < -0.39 is 11.5 Å². The predicted octanol–water partition coefficient (Wildman–Crippen LogP) is 1.76. The van der Waals surface area contributed by atoms with E-state index in [1.165, 1.54) is 6.26 Å². The topological polar surface area (TPSA) is 102 Å². The van der Waals surface area contributed by atoms with Crippen LogP contribution in [0, 0.1) is 17.2 Å². The number of guanidine groups is 1. The van der Waals surface area contributed by atoms with Gasteiger partial charge >= 0.3 is 0 Å². The van der Waals surface area contributed by atoms with E-state index in [1.54, 1.807) is 17.0 Å². The molecule has 28 heavy (non-hydrogen) atoms. The lowest BCUT2D eigenvalue weighted by Crippen LogP contribution is -2.60. The summed E-state index contributed by atoms with van der Waals surface area (Å²) in [7, 11) is 0. The number of carbonyl (C=O) groups excluding carboxylic acids is 2. The second-order valence-corrected chi connectivity index (χ2v) is 7.76. The van der Waals surface area contributed by atoms with Gasteiger partial charge in [-0.25, -0.2) is 4.99 Å². The number of furan rings is 1. The number of rotatable bonds is 1. The Labute approximate surface area is 164 Å². The summed E-state index contributed by atoms with van der Waals surface area (Å²) in [5, 5.41) is 12.5. The van der Waals surface area contributed by atoms with Gasteiger partial charge in [0.15, 0.2) is 11.7 Å². The summed E-state index contributed by atoms with van der Waals surface area (Å²) in [5.74, 6) is -0.196. The van der Waals surface area contributed by atoms with Crippen LogP contribution >= 0.6 is 0 Å². The van der Waals surface area contributed by atoms with Gasteiger partial charge < -0.3 is 14.2 Å². The Bertz CT molecular complexity index is 794. The number of amides is 2. The molecule has 1 aliphatic carbocycles. The van der Waals surface area contributed by atoms with Crippen LogP contribution in [0.1, 0.15) is 49.1 Å². The number of hydrogen-bond acceptors (Lipinski definition) is 6. The van der Waals surface area contributed by atoms with Crippen molar-refractivity contribution in [2.24, 2.45) is 10.9 Å². The zero-order chi connectivity index (χ0) is 19.6. The fourth-order valence-corrected chi connectivity index (χ4v) is 4.48. The normalized spacial score (nSPS) is 24.9. The molecule has 1 aromatic heterocycles. The molecule has 1 atom stereocenters. The standard InChI is InChI=1S/C20H25N5O3/c21-14-15-17(26)22-19(23-20(15)7-3-1-2-4-8-20)25-11-9-24(10-12-25)18(27)16-6-5-13-28-16/h5-6,13,15H,1-4,7-12H2,(H,22,23,26). The average molecular weight is 383 g/mol. The van der Waals surface area contributed by atoms with Crippen LogP contribution in [-0.2, 0) is 4.79 Å². The molecular formula is C20H25N5O3. The van der Waals surface area contributed by atoms with E-state index in [9.17, 15) is 14.9 Å². The number of nitrogens with zero attached hydrogens (tertiary/aromatic N) is 4. The summed E-state index contributed by atoms with van der Waals surface area (Å²) >= 11 is 0. The Morgan fingerprint density at radius 1 is 1.21 bits per heavy atom. The minimum Gasteiger partial charge on any atom is -0.459 e. The maximum absolute atomic E-state index is 12.7. The quantitative estimate of drug-likeness (QED) is 0.796. The van der Waals surface area contributed by atoms with E-state index in [0.29, 0.717) is 37.9 Å². The van der Waals surface area contributed by atoms with Crippen LogP contribution in [0.15, 0.2) is 27.8 Å². The van der Waals surface area contributed by atoms with E-state index in [4.69, 9.17) is 9.41 Å². The van der Waals surface area contributed by atoms with Gasteiger partial charge in [0, 0.05) is 26.2 Å². The third-order valence-electron chi connectivity index (χ3n) is 6.06. The maximum atomic E-state index is 12.7. The summed E-state index contributed by atoms with van der Waals surface area (Å²) in [6.45, 7) is 2.23. The van der Waals surface area contributed by atoms with E-state index in [2.05, 4.69) is 11.4 Å². The number of nitriles is 1. The molecule has 8 heteroatoms. The second kappa shape index (κ2) is 7.66. The minimum absolute atomic E-state index is 0.121. The van der Waals surface area contributed by atoms with Gasteiger partial charge in [0.05, 0.1) is 17.9 Å². The molecular weight excluding hydrogens is 358 g/mol. The molecule has 4 rings (SSSR count). The van der Waals surface area contributed by atoms with Crippen LogP contribution in [0.3, 0.4) is 0 Å². The fourth-order valence-electron chi connectivity index (χ4n) is 4.48. The van der Waals surface area contributed by atoms with Gasteiger partial charge in [-0.15, -0.1) is 0 Å². The fraction of sp³-hybridized carbons (Fsp3) is 0.600. The van der Waals surface area contributed by atoms with Gasteiger partial charge in [-0.05, 0) is 25.0 Å². The first kappa shape index (κ1) is 18.5. The first-order valence-corrected chi connectivity index (χ1v) is 10.0. The third kappa shape index (κ3) is 3.37. The first-order chi connectivity index (χ1) is 13.6. The molecule has 0 bridgehead atoms. The molecule has 3 aliphatic rings. The zero-order valence-corrected chi connectivity index (χ0v) is 15.9. The second-order valence-electron chi connectivity index (χ2n) is 7.76. The van der Waals surface area contributed by atoms with Crippen molar-refractivity contribution >= 4 is 17.8 Å². The van der Waals surface area contributed by atoms with E-state index >= 15 is 0 Å². The van der Waals surface area contributed by atoms with Crippen molar-refractivity contribution in [1.82, 2.24) is 15.1 Å². The van der Waals surface area contributed by atoms with Crippen molar-refractivity contribution in [2.75, 3.05) is 26.2 Å². The SMILES string of the molecule is N#CC1C(=O)NC(N2CCN(C(=O)c3ccco3)CC2)=NC12CCCCCC2. The summed E-state index contributed by atoms with van der Waals surface area (Å²) in [6, 6.07) is 5.57. The minimum atomic E-state index is -0.726. The largest absolute Gasteiger partial charge is 0.459 e. The van der Waals surface area contributed by atoms with Gasteiger partial charge in [0.2, 0.25) is 11.9 Å². The molecule has 1 unspecified atom stereocenters. The van der Waals surface area contributed by atoms with E-state index in [-0.39, 0.29) is 11.8 Å². The molecule has 1 N–H and O–H groups in total. The number of aliphatic imine (C=N–C) groups is 1. The van der Waals surface area contributed by atoms with Crippen LogP contribution in [0.2, 0.25) is 0 Å². The lowest BCUT2D eigenvalue weighted by molar-refractivity contribution is -0.124. The van der Waals surface area contributed by atoms with E-state index in [1.807, 2.05) is 4.90 Å². The Hall–Kier alpha value is -2.82. The Kier molecular flexibility index (Phi) is 5.07. The molecule has 2 amide bonds. The van der Waals surface area contributed by atoms with Crippen molar-refractivity contribution in [3.63, 3.8) is 0 Å². The maximum Gasteiger partial charge on any atom is 0.289 e. The highest BCUT2D eigenvalue weighted by Crippen LogP contribution is 2.39. The number of carbonyl (C=O) groups is 2. The highest BCUT2D eigenvalue weighted by Gasteiger charge is 2.47. The molecule has 1 aromatic rings. The molecule has 2 aliphatic heterocycles. The van der Waals surface area contributed by atoms with Crippen molar-refractivity contribution in [3.05, 3.63) is 24.2 Å². The van der Waals surface area contributed by atoms with Crippen molar-refractivity contribution in [1.29, 1.82) is 5.26 Å². The molecule has 2 fully saturated rings. The first-order valence-electron chi connectivity index (χ1n) is 10.0. The summed E-state index contributed by atoms with van der Waals surface area (Å²) in [5.41, 5.74) is -0.607. The average Bonchev–Trinajstić information content (AvgIpc) is 3.15. The van der Waals surface area contributed by atoms with Gasteiger partial charge in [-0.2, -0.15) is 5.26 Å². The summed E-state index contributed by atoms with van der Waals surface area (Å²) in [6.07, 6.45) is 7.28. The molecule has 1 saturated heterocycles. The van der Waals surface area contributed by atoms with Gasteiger partial charge in [-0.3, -0.25) is 14.9 Å². The van der Waals surface area contributed by atoms with Gasteiger partial charge in [0.25, 0.3) is 5.91 Å². The summed E-state index contributed by atoms with van der Waals surface area (Å²) in [4.78, 5) is 33.8. The van der Waals surface area contributed by atoms with Gasteiger partial charge in [0.1, 0.15) is 0 Å². The molecule has 0 aromatic carbocycles. The lowest BCUT2D eigenvalue weighted by atomic mass is 9.77. The smallest absolute Gasteiger partial charge is 0.289 e. The van der Waals surface area contributed by atoms with Crippen LogP contribution in [0.5, 0.6) is 0 Å². The Morgan fingerprint density at radius 2 is 1.93 bits per heavy atom. The van der Waals surface area contributed by atoms with Gasteiger partial charge in [-0.1, -0.05) is 25.7 Å². The monoisotopic (exact) mass is 383 g/mol. The molecule has 8 nitrogen and oxygen atoms in total. The Balaban J connectivity index is 1.49. The van der Waals surface area contributed by atoms with Crippen molar-refractivity contribution in [2.45, 2.75) is 44.1 Å². The molecule has 148 valence electrons. The molecule has 1 spiro atoms. The zero-order valence-electron chi connectivity index (χ0n) is 15.9. The van der Waals surface area contributed by atoms with Crippen LogP contribution in [0.4, 0.5) is 0 Å². The van der Waals surface area contributed by atoms with Crippen LogP contribution < -0.4 is 5.32 Å². The Morgan fingerprint density at radius 3 is 2.54 bits per heavy atom. The number of piperazine rings is 1. The van der Waals surface area contributed by atoms with Crippen LogP contribution in [0.25, 0.3) is 0 Å². The van der Waals surface area contributed by atoms with E-state index in [0.717, 1.165) is 38.5 Å². The summed E-state index contributed by atoms with van der Waals surface area (Å²) < 4.78 is 5.20. The molecule has 0 radical (unpaired) electrons.